The van der Waals surface area contributed by atoms with Crippen molar-refractivity contribution in [2.24, 2.45) is 0 Å². The number of nitrogens with one attached hydrogen (secondary N) is 2. The third kappa shape index (κ3) is 3.35. The first-order valence-electron chi connectivity index (χ1n) is 6.05. The molecule has 0 radical (unpaired) electrons. The van der Waals surface area contributed by atoms with Gasteiger partial charge in [-0.05, 0) is 12.8 Å². The van der Waals surface area contributed by atoms with Gasteiger partial charge in [0, 0.05) is 18.7 Å². The zero-order valence-electron chi connectivity index (χ0n) is 10.5. The Hall–Kier alpha value is -2.35. The van der Waals surface area contributed by atoms with Crippen LogP contribution in [0.4, 0.5) is 0 Å². The van der Waals surface area contributed by atoms with Gasteiger partial charge in [0.05, 0.1) is 11.7 Å². The van der Waals surface area contributed by atoms with Crippen LogP contribution < -0.4 is 10.9 Å². The maximum absolute atomic E-state index is 11.8. The van der Waals surface area contributed by atoms with Crippen molar-refractivity contribution in [3.8, 4) is 5.88 Å². The Bertz CT molecular complexity index is 582. The molecule has 0 bridgehead atoms. The zero-order valence-corrected chi connectivity index (χ0v) is 10.5. The normalized spacial score (nSPS) is 21.6. The van der Waals surface area contributed by atoms with Gasteiger partial charge in [-0.25, -0.2) is 4.79 Å². The summed E-state index contributed by atoms with van der Waals surface area (Å²) < 4.78 is 5.23. The molecule has 1 aliphatic heterocycles. The highest BCUT2D eigenvalue weighted by Gasteiger charge is 2.30. The summed E-state index contributed by atoms with van der Waals surface area (Å²) in [5.41, 5.74) is -0.558. The fourth-order valence-corrected chi connectivity index (χ4v) is 2.01. The number of amides is 1. The van der Waals surface area contributed by atoms with Crippen molar-refractivity contribution >= 4 is 11.9 Å². The predicted molar refractivity (Wildman–Crippen MR) is 66.6 cm³/mol. The molecule has 2 unspecified atom stereocenters. The highest BCUT2D eigenvalue weighted by atomic mass is 16.5. The molecule has 2 atom stereocenters. The lowest BCUT2D eigenvalue weighted by Crippen LogP contribution is -2.33. The van der Waals surface area contributed by atoms with E-state index in [1.807, 2.05) is 0 Å². The van der Waals surface area contributed by atoms with Gasteiger partial charge in [-0.2, -0.15) is 0 Å². The van der Waals surface area contributed by atoms with Gasteiger partial charge in [-0.3, -0.25) is 14.6 Å². The second kappa shape index (κ2) is 5.74. The smallest absolute Gasteiger partial charge is 0.332 e. The molecular weight excluding hydrogens is 268 g/mol. The Labute approximate surface area is 113 Å². The average molecular weight is 282 g/mol. The summed E-state index contributed by atoms with van der Waals surface area (Å²) in [5, 5.41) is 20.5. The number of hydrogen-bond donors (Lipinski definition) is 4. The SMILES string of the molecule is O=C(NCC1CCC(C(=O)O)O1)c1cc(O)[nH]c(=O)c1. The number of rotatable bonds is 4. The fraction of sp³-hybridized carbons (Fsp3) is 0.417. The van der Waals surface area contributed by atoms with Crippen LogP contribution in [0.25, 0.3) is 0 Å². The average Bonchev–Trinajstić information content (AvgIpc) is 2.83. The van der Waals surface area contributed by atoms with E-state index >= 15 is 0 Å². The lowest BCUT2D eigenvalue weighted by molar-refractivity contribution is -0.149. The van der Waals surface area contributed by atoms with E-state index in [9.17, 15) is 19.5 Å². The number of H-pyrrole nitrogens is 1. The summed E-state index contributed by atoms with van der Waals surface area (Å²) in [6, 6.07) is 2.19. The molecule has 0 aliphatic carbocycles. The van der Waals surface area contributed by atoms with Crippen LogP contribution in [0, 0.1) is 0 Å². The first kappa shape index (κ1) is 14.1. The van der Waals surface area contributed by atoms with E-state index in [0.29, 0.717) is 12.8 Å². The number of aromatic hydroxyl groups is 1. The summed E-state index contributed by atoms with van der Waals surface area (Å²) in [5.74, 6) is -1.95. The molecule has 2 heterocycles. The van der Waals surface area contributed by atoms with Gasteiger partial charge in [0.2, 0.25) is 0 Å². The number of hydrogen-bond acceptors (Lipinski definition) is 5. The minimum Gasteiger partial charge on any atom is -0.494 e. The summed E-state index contributed by atoms with van der Waals surface area (Å²) in [4.78, 5) is 35.7. The molecule has 8 heteroatoms. The van der Waals surface area contributed by atoms with E-state index in [-0.39, 0.29) is 18.2 Å². The van der Waals surface area contributed by atoms with Crippen molar-refractivity contribution in [2.45, 2.75) is 25.0 Å². The van der Waals surface area contributed by atoms with Gasteiger partial charge in [0.25, 0.3) is 11.5 Å². The van der Waals surface area contributed by atoms with Crippen LogP contribution in [0.5, 0.6) is 5.88 Å². The summed E-state index contributed by atoms with van der Waals surface area (Å²) in [7, 11) is 0. The number of carboxylic acid groups (broad SMARTS) is 1. The van der Waals surface area contributed by atoms with E-state index < -0.39 is 29.4 Å². The topological polar surface area (TPSA) is 129 Å². The molecule has 1 aromatic rings. The van der Waals surface area contributed by atoms with Crippen molar-refractivity contribution in [1.82, 2.24) is 10.3 Å². The first-order valence-corrected chi connectivity index (χ1v) is 6.05. The minimum absolute atomic E-state index is 0.0269. The Morgan fingerprint density at radius 2 is 2.15 bits per heavy atom. The van der Waals surface area contributed by atoms with Gasteiger partial charge in [0.15, 0.2) is 12.0 Å². The van der Waals surface area contributed by atoms with Crippen molar-refractivity contribution in [1.29, 1.82) is 0 Å². The van der Waals surface area contributed by atoms with Gasteiger partial charge >= 0.3 is 5.97 Å². The lowest BCUT2D eigenvalue weighted by atomic mass is 10.2. The first-order chi connectivity index (χ1) is 9.45. The number of carbonyl (C=O) groups is 2. The Kier molecular flexibility index (Phi) is 4.04. The van der Waals surface area contributed by atoms with Crippen LogP contribution in [-0.2, 0) is 9.53 Å². The maximum Gasteiger partial charge on any atom is 0.332 e. The quantitative estimate of drug-likeness (QED) is 0.586. The Morgan fingerprint density at radius 1 is 1.40 bits per heavy atom. The van der Waals surface area contributed by atoms with E-state index in [4.69, 9.17) is 9.84 Å². The highest BCUT2D eigenvalue weighted by Crippen LogP contribution is 2.19. The molecule has 20 heavy (non-hydrogen) atoms. The summed E-state index contributed by atoms with van der Waals surface area (Å²) in [6.45, 7) is 0.149. The third-order valence-electron chi connectivity index (χ3n) is 2.97. The van der Waals surface area contributed by atoms with Crippen molar-refractivity contribution in [2.75, 3.05) is 6.54 Å². The second-order valence-electron chi connectivity index (χ2n) is 4.49. The van der Waals surface area contributed by atoms with Crippen LogP contribution in [0.1, 0.15) is 23.2 Å². The van der Waals surface area contributed by atoms with Crippen LogP contribution >= 0.6 is 0 Å². The largest absolute Gasteiger partial charge is 0.494 e. The second-order valence-corrected chi connectivity index (χ2v) is 4.49. The number of carbonyl (C=O) groups excluding carboxylic acids is 1. The Balaban J connectivity index is 1.90. The third-order valence-corrected chi connectivity index (χ3v) is 2.97. The predicted octanol–water partition coefficient (Wildman–Crippen LogP) is -0.558. The number of ether oxygens (including phenoxy) is 1. The molecule has 0 spiro atoms. The van der Waals surface area contributed by atoms with E-state index in [2.05, 4.69) is 10.3 Å². The number of aromatic amines is 1. The molecule has 0 saturated carbocycles. The maximum atomic E-state index is 11.8. The van der Waals surface area contributed by atoms with Crippen LogP contribution in [-0.4, -0.2) is 45.8 Å². The van der Waals surface area contributed by atoms with Crippen LogP contribution in [0.2, 0.25) is 0 Å². The zero-order chi connectivity index (χ0) is 14.7. The molecular formula is C12H14N2O6. The van der Waals surface area contributed by atoms with E-state index in [0.717, 1.165) is 12.1 Å². The number of aliphatic carboxylic acids is 1. The van der Waals surface area contributed by atoms with Crippen molar-refractivity contribution in [3.05, 3.63) is 28.0 Å². The lowest BCUT2D eigenvalue weighted by Gasteiger charge is -2.12. The standard InChI is InChI=1S/C12H14N2O6/c15-9-3-6(4-10(16)14-9)11(17)13-5-7-1-2-8(20-7)12(18)19/h3-4,7-8H,1-2,5H2,(H,13,17)(H,18,19)(H2,14,15,16). The monoisotopic (exact) mass is 282 g/mol. The number of pyridine rings is 1. The fourth-order valence-electron chi connectivity index (χ4n) is 2.01. The van der Waals surface area contributed by atoms with E-state index in [1.165, 1.54) is 0 Å². The molecule has 4 N–H and O–H groups in total. The van der Waals surface area contributed by atoms with Crippen LogP contribution in [0.3, 0.4) is 0 Å². The molecule has 1 fully saturated rings. The molecule has 0 aromatic carbocycles. The molecule has 108 valence electrons. The highest BCUT2D eigenvalue weighted by molar-refractivity contribution is 5.94. The number of aromatic nitrogens is 1. The molecule has 1 aromatic heterocycles. The minimum atomic E-state index is -1.02. The van der Waals surface area contributed by atoms with Gasteiger partial charge in [0.1, 0.15) is 0 Å². The van der Waals surface area contributed by atoms with Crippen molar-refractivity contribution < 1.29 is 24.5 Å². The van der Waals surface area contributed by atoms with Gasteiger partial charge in [-0.1, -0.05) is 0 Å². The molecule has 2 rings (SSSR count). The molecule has 1 saturated heterocycles. The van der Waals surface area contributed by atoms with Gasteiger partial charge in [-0.15, -0.1) is 0 Å². The summed E-state index contributed by atoms with van der Waals surface area (Å²) in [6.07, 6.45) is -0.254. The number of carboxylic acids is 1. The van der Waals surface area contributed by atoms with Crippen LogP contribution in [0.15, 0.2) is 16.9 Å². The van der Waals surface area contributed by atoms with Crippen molar-refractivity contribution in [3.63, 3.8) is 0 Å². The molecule has 1 amide bonds. The van der Waals surface area contributed by atoms with Gasteiger partial charge < -0.3 is 20.3 Å². The Morgan fingerprint density at radius 3 is 2.75 bits per heavy atom. The summed E-state index contributed by atoms with van der Waals surface area (Å²) >= 11 is 0. The molecule has 1 aliphatic rings. The van der Waals surface area contributed by atoms with E-state index in [1.54, 1.807) is 0 Å². The molecule has 8 nitrogen and oxygen atoms in total.